The maximum absolute atomic E-state index is 12.0. The van der Waals surface area contributed by atoms with Gasteiger partial charge in [-0.25, -0.2) is 0 Å². The molecule has 0 saturated carbocycles. The molecule has 0 aliphatic rings. The monoisotopic (exact) mass is 383 g/mol. The van der Waals surface area contributed by atoms with Crippen molar-refractivity contribution in [2.75, 3.05) is 13.7 Å². The van der Waals surface area contributed by atoms with Crippen LogP contribution >= 0.6 is 11.8 Å². The first kappa shape index (κ1) is 19.0. The van der Waals surface area contributed by atoms with E-state index >= 15 is 0 Å². The number of benzene rings is 2. The second-order valence-electron chi connectivity index (χ2n) is 5.72. The Hall–Kier alpha value is -2.80. The van der Waals surface area contributed by atoms with Crippen molar-refractivity contribution < 1.29 is 14.3 Å². The van der Waals surface area contributed by atoms with Crippen LogP contribution in [0.4, 0.5) is 0 Å². The van der Waals surface area contributed by atoms with Gasteiger partial charge in [0.05, 0.1) is 13.7 Å². The Bertz CT molecular complexity index is 912. The Morgan fingerprint density at radius 2 is 1.93 bits per heavy atom. The van der Waals surface area contributed by atoms with Crippen LogP contribution in [0.5, 0.6) is 5.75 Å². The number of nitrogens with zero attached hydrogens (tertiary/aromatic N) is 3. The minimum Gasteiger partial charge on any atom is -0.497 e. The number of carbonyl (C=O) groups excluding carboxylic acids is 1. The quantitative estimate of drug-likeness (QED) is 0.454. The summed E-state index contributed by atoms with van der Waals surface area (Å²) in [5, 5.41) is 8.95. The lowest BCUT2D eigenvalue weighted by molar-refractivity contribution is -0.142. The number of thioether (sulfide) groups is 1. The lowest BCUT2D eigenvalue weighted by Crippen LogP contribution is -2.17. The molecule has 3 rings (SSSR count). The Labute approximate surface area is 162 Å². The highest BCUT2D eigenvalue weighted by Crippen LogP contribution is 2.31. The molecular weight excluding hydrogens is 362 g/mol. The number of aromatic nitrogens is 3. The minimum absolute atomic E-state index is 0.270. The summed E-state index contributed by atoms with van der Waals surface area (Å²) >= 11 is 1.32. The minimum atomic E-state index is -0.394. The van der Waals surface area contributed by atoms with E-state index in [1.165, 1.54) is 11.8 Å². The van der Waals surface area contributed by atoms with Crippen molar-refractivity contribution in [1.29, 1.82) is 0 Å². The first-order chi connectivity index (χ1) is 13.1. The van der Waals surface area contributed by atoms with Gasteiger partial charge in [0.25, 0.3) is 0 Å². The van der Waals surface area contributed by atoms with Crippen molar-refractivity contribution in [1.82, 2.24) is 14.8 Å². The van der Waals surface area contributed by atoms with Crippen LogP contribution in [0.25, 0.3) is 17.1 Å². The lowest BCUT2D eigenvalue weighted by atomic mass is 10.2. The van der Waals surface area contributed by atoms with Crippen LogP contribution < -0.4 is 4.74 Å². The maximum atomic E-state index is 12.0. The Morgan fingerprint density at radius 1 is 1.15 bits per heavy atom. The summed E-state index contributed by atoms with van der Waals surface area (Å²) in [4.78, 5) is 12.0. The highest BCUT2D eigenvalue weighted by Gasteiger charge is 2.22. The third-order valence-corrected chi connectivity index (χ3v) is 4.90. The molecule has 6 nitrogen and oxygen atoms in total. The van der Waals surface area contributed by atoms with Gasteiger partial charge in [0.2, 0.25) is 0 Å². The van der Waals surface area contributed by atoms with E-state index in [4.69, 9.17) is 9.47 Å². The SMILES string of the molecule is CCOC(=O)[C@@H](C)Sc1nnc(-c2cccc(OC)c2)n1-c1ccccc1. The molecule has 0 bridgehead atoms. The summed E-state index contributed by atoms with van der Waals surface area (Å²) in [6, 6.07) is 17.5. The smallest absolute Gasteiger partial charge is 0.319 e. The molecule has 1 aromatic heterocycles. The number of methoxy groups -OCH3 is 1. The Morgan fingerprint density at radius 3 is 2.63 bits per heavy atom. The van der Waals surface area contributed by atoms with E-state index in [2.05, 4.69) is 10.2 Å². The van der Waals surface area contributed by atoms with Gasteiger partial charge in [-0.1, -0.05) is 42.1 Å². The third kappa shape index (κ3) is 4.31. The molecule has 0 N–H and O–H groups in total. The van der Waals surface area contributed by atoms with Gasteiger partial charge in [0, 0.05) is 11.3 Å². The number of esters is 1. The summed E-state index contributed by atoms with van der Waals surface area (Å²) < 4.78 is 12.4. The van der Waals surface area contributed by atoms with Crippen molar-refractivity contribution in [2.24, 2.45) is 0 Å². The van der Waals surface area contributed by atoms with Crippen LogP contribution in [0.15, 0.2) is 59.8 Å². The number of hydrogen-bond donors (Lipinski definition) is 0. The van der Waals surface area contributed by atoms with Crippen molar-refractivity contribution >= 4 is 17.7 Å². The van der Waals surface area contributed by atoms with Crippen LogP contribution in [-0.2, 0) is 9.53 Å². The fraction of sp³-hybridized carbons (Fsp3) is 0.250. The van der Waals surface area contributed by atoms with Crippen molar-refractivity contribution in [2.45, 2.75) is 24.3 Å². The number of ether oxygens (including phenoxy) is 2. The van der Waals surface area contributed by atoms with Crippen molar-refractivity contribution in [3.05, 3.63) is 54.6 Å². The van der Waals surface area contributed by atoms with Gasteiger partial charge in [-0.15, -0.1) is 10.2 Å². The molecule has 0 aliphatic carbocycles. The van der Waals surface area contributed by atoms with Gasteiger partial charge in [-0.05, 0) is 38.1 Å². The summed E-state index contributed by atoms with van der Waals surface area (Å²) in [5.74, 6) is 1.15. The van der Waals surface area contributed by atoms with E-state index in [1.807, 2.05) is 59.2 Å². The van der Waals surface area contributed by atoms with Crippen molar-refractivity contribution in [3.8, 4) is 22.8 Å². The molecule has 0 saturated heterocycles. The molecule has 1 heterocycles. The zero-order valence-electron chi connectivity index (χ0n) is 15.5. The number of para-hydroxylation sites is 1. The lowest BCUT2D eigenvalue weighted by Gasteiger charge is -2.13. The zero-order chi connectivity index (χ0) is 19.2. The molecule has 0 aliphatic heterocycles. The molecule has 0 radical (unpaired) electrons. The number of hydrogen-bond acceptors (Lipinski definition) is 6. The van der Waals surface area contributed by atoms with Gasteiger partial charge in [0.1, 0.15) is 11.0 Å². The molecule has 140 valence electrons. The highest BCUT2D eigenvalue weighted by atomic mass is 32.2. The van der Waals surface area contributed by atoms with E-state index in [1.54, 1.807) is 21.0 Å². The molecule has 1 atom stereocenters. The van der Waals surface area contributed by atoms with Gasteiger partial charge in [0.15, 0.2) is 11.0 Å². The van der Waals surface area contributed by atoms with Gasteiger partial charge >= 0.3 is 5.97 Å². The standard InChI is InChI=1S/C20H21N3O3S/c1-4-26-19(24)14(2)27-20-22-21-18(15-9-8-12-17(13-15)25-3)23(20)16-10-6-5-7-11-16/h5-14H,4H2,1-3H3/t14-/m1/s1. The first-order valence-electron chi connectivity index (χ1n) is 8.62. The summed E-state index contributed by atoms with van der Waals surface area (Å²) in [5.41, 5.74) is 1.79. The molecule has 3 aromatic rings. The number of rotatable bonds is 7. The highest BCUT2D eigenvalue weighted by molar-refractivity contribution is 8.00. The average Bonchev–Trinajstić information content (AvgIpc) is 3.12. The number of carbonyl (C=O) groups is 1. The maximum Gasteiger partial charge on any atom is 0.319 e. The first-order valence-corrected chi connectivity index (χ1v) is 9.50. The van der Waals surface area contributed by atoms with Crippen LogP contribution in [-0.4, -0.2) is 39.7 Å². The van der Waals surface area contributed by atoms with Crippen LogP contribution in [0.2, 0.25) is 0 Å². The van der Waals surface area contributed by atoms with E-state index < -0.39 is 5.25 Å². The second-order valence-corrected chi connectivity index (χ2v) is 7.03. The third-order valence-electron chi connectivity index (χ3n) is 3.88. The molecule has 0 fully saturated rings. The van der Waals surface area contributed by atoms with Crippen molar-refractivity contribution in [3.63, 3.8) is 0 Å². The normalized spacial score (nSPS) is 11.8. The van der Waals surface area contributed by atoms with Crippen LogP contribution in [0.3, 0.4) is 0 Å². The van der Waals surface area contributed by atoms with Gasteiger partial charge in [-0.2, -0.15) is 0 Å². The average molecular weight is 383 g/mol. The van der Waals surface area contributed by atoms with E-state index in [-0.39, 0.29) is 5.97 Å². The fourth-order valence-electron chi connectivity index (χ4n) is 2.57. The Balaban J connectivity index is 2.04. The largest absolute Gasteiger partial charge is 0.497 e. The van der Waals surface area contributed by atoms with Crippen LogP contribution in [0, 0.1) is 0 Å². The molecule has 0 spiro atoms. The predicted octanol–water partition coefficient (Wildman–Crippen LogP) is 3.99. The zero-order valence-corrected chi connectivity index (χ0v) is 16.3. The Kier molecular flexibility index (Phi) is 6.13. The summed E-state index contributed by atoms with van der Waals surface area (Å²) in [6.45, 7) is 3.95. The van der Waals surface area contributed by atoms with E-state index in [0.717, 1.165) is 17.0 Å². The molecule has 0 amide bonds. The topological polar surface area (TPSA) is 66.2 Å². The fourth-order valence-corrected chi connectivity index (χ4v) is 3.44. The molecule has 27 heavy (non-hydrogen) atoms. The molecule has 0 unspecified atom stereocenters. The van der Waals surface area contributed by atoms with E-state index in [9.17, 15) is 4.79 Å². The molecule has 2 aromatic carbocycles. The van der Waals surface area contributed by atoms with Crippen LogP contribution in [0.1, 0.15) is 13.8 Å². The van der Waals surface area contributed by atoms with Gasteiger partial charge < -0.3 is 9.47 Å². The van der Waals surface area contributed by atoms with Gasteiger partial charge in [-0.3, -0.25) is 9.36 Å². The summed E-state index contributed by atoms with van der Waals surface area (Å²) in [7, 11) is 1.63. The predicted molar refractivity (Wildman–Crippen MR) is 105 cm³/mol. The van der Waals surface area contributed by atoms with E-state index in [0.29, 0.717) is 17.6 Å². The summed E-state index contributed by atoms with van der Waals surface area (Å²) in [6.07, 6.45) is 0. The molecular formula is C20H21N3O3S. The second kappa shape index (κ2) is 8.73. The molecule has 7 heteroatoms.